The van der Waals surface area contributed by atoms with Gasteiger partial charge in [0.2, 0.25) is 5.88 Å². The molecule has 0 fully saturated rings. The second kappa shape index (κ2) is 12.1. The van der Waals surface area contributed by atoms with Gasteiger partial charge >= 0.3 is 0 Å². The van der Waals surface area contributed by atoms with Gasteiger partial charge in [-0.2, -0.15) is 5.26 Å². The van der Waals surface area contributed by atoms with E-state index in [0.29, 0.717) is 23.5 Å². The fourth-order valence-corrected chi connectivity index (χ4v) is 4.23. The molecule has 0 spiro atoms. The maximum absolute atomic E-state index is 10.2. The molecule has 0 atom stereocenters. The van der Waals surface area contributed by atoms with Crippen LogP contribution in [0.15, 0.2) is 106 Å². The van der Waals surface area contributed by atoms with Gasteiger partial charge in [-0.1, -0.05) is 42.0 Å². The highest BCUT2D eigenvalue weighted by Crippen LogP contribution is 2.43. The molecule has 4 aromatic carbocycles. The van der Waals surface area contributed by atoms with Gasteiger partial charge in [-0.25, -0.2) is 4.99 Å². The highest BCUT2D eigenvalue weighted by molar-refractivity contribution is 5.90. The Labute approximate surface area is 233 Å². The van der Waals surface area contributed by atoms with Crippen LogP contribution < -0.4 is 14.2 Å². The molecular formula is C34H28N2O4. The third-order valence-corrected chi connectivity index (χ3v) is 6.47. The van der Waals surface area contributed by atoms with Crippen molar-refractivity contribution in [3.63, 3.8) is 0 Å². The van der Waals surface area contributed by atoms with Crippen LogP contribution in [0.3, 0.4) is 0 Å². The molecule has 0 N–H and O–H groups in total. The molecule has 0 bridgehead atoms. The lowest BCUT2D eigenvalue weighted by Gasteiger charge is -2.06. The van der Waals surface area contributed by atoms with Crippen molar-refractivity contribution < 1.29 is 18.6 Å². The number of hydrogen-bond acceptors (Lipinski definition) is 6. The number of hydrogen-bond donors (Lipinski definition) is 0. The monoisotopic (exact) mass is 528 g/mol. The molecule has 1 aromatic heterocycles. The van der Waals surface area contributed by atoms with E-state index in [4.69, 9.17) is 18.6 Å². The van der Waals surface area contributed by atoms with E-state index in [0.717, 1.165) is 39.5 Å². The van der Waals surface area contributed by atoms with Crippen molar-refractivity contribution in [3.8, 4) is 45.8 Å². The molecule has 0 unspecified atom stereocenters. The van der Waals surface area contributed by atoms with Gasteiger partial charge in [-0.3, -0.25) is 0 Å². The number of aliphatic imine (C=N–C) groups is 1. The van der Waals surface area contributed by atoms with Crippen molar-refractivity contribution in [2.45, 2.75) is 13.5 Å². The minimum Gasteiger partial charge on any atom is -0.497 e. The van der Waals surface area contributed by atoms with Crippen molar-refractivity contribution >= 4 is 12.1 Å². The molecule has 0 aliphatic carbocycles. The predicted octanol–water partition coefficient (Wildman–Crippen LogP) is 8.14. The molecule has 5 aromatic rings. The number of furan rings is 1. The second-order valence-electron chi connectivity index (χ2n) is 9.16. The van der Waals surface area contributed by atoms with Crippen molar-refractivity contribution in [2.24, 2.45) is 4.99 Å². The lowest BCUT2D eigenvalue weighted by Crippen LogP contribution is -1.95. The van der Waals surface area contributed by atoms with Gasteiger partial charge in [-0.15, -0.1) is 0 Å². The lowest BCUT2D eigenvalue weighted by atomic mass is 9.98. The molecule has 5 rings (SSSR count). The average Bonchev–Trinajstić information content (AvgIpc) is 3.38. The van der Waals surface area contributed by atoms with Gasteiger partial charge in [-0.05, 0) is 84.3 Å². The first kappa shape index (κ1) is 26.3. The molecule has 6 nitrogen and oxygen atoms in total. The van der Waals surface area contributed by atoms with E-state index in [1.165, 1.54) is 5.56 Å². The number of ether oxygens (including phenoxy) is 3. The summed E-state index contributed by atoms with van der Waals surface area (Å²) in [4.78, 5) is 4.57. The number of aryl methyl sites for hydroxylation is 1. The van der Waals surface area contributed by atoms with E-state index in [-0.39, 0.29) is 5.88 Å². The van der Waals surface area contributed by atoms with Crippen LogP contribution >= 0.6 is 0 Å². The van der Waals surface area contributed by atoms with E-state index >= 15 is 0 Å². The minimum absolute atomic E-state index is 0.235. The van der Waals surface area contributed by atoms with Gasteiger partial charge < -0.3 is 18.6 Å². The number of methoxy groups -OCH3 is 2. The first-order valence-corrected chi connectivity index (χ1v) is 12.8. The number of nitriles is 1. The summed E-state index contributed by atoms with van der Waals surface area (Å²) in [5, 5.41) is 10.2. The van der Waals surface area contributed by atoms with Crippen LogP contribution in [0.1, 0.15) is 22.3 Å². The van der Waals surface area contributed by atoms with E-state index in [1.54, 1.807) is 20.4 Å². The van der Waals surface area contributed by atoms with E-state index in [1.807, 2.05) is 72.8 Å². The predicted molar refractivity (Wildman–Crippen MR) is 157 cm³/mol. The van der Waals surface area contributed by atoms with Gasteiger partial charge in [0.05, 0.1) is 14.2 Å². The Morgan fingerprint density at radius 3 is 1.90 bits per heavy atom. The fraction of sp³-hybridized carbons (Fsp3) is 0.118. The van der Waals surface area contributed by atoms with Gasteiger partial charge in [0.1, 0.15) is 41.2 Å². The molecule has 40 heavy (non-hydrogen) atoms. The number of nitrogens with zero attached hydrogens (tertiary/aromatic N) is 2. The summed E-state index contributed by atoms with van der Waals surface area (Å²) in [6.45, 7) is 2.56. The van der Waals surface area contributed by atoms with Gasteiger partial charge in [0.25, 0.3) is 0 Å². The quantitative estimate of drug-likeness (QED) is 0.180. The van der Waals surface area contributed by atoms with E-state index in [9.17, 15) is 5.26 Å². The van der Waals surface area contributed by atoms with Gasteiger partial charge in [0.15, 0.2) is 0 Å². The smallest absolute Gasteiger partial charge is 0.238 e. The average molecular weight is 529 g/mol. The van der Waals surface area contributed by atoms with E-state index < -0.39 is 0 Å². The van der Waals surface area contributed by atoms with Crippen molar-refractivity contribution in [2.75, 3.05) is 14.2 Å². The molecule has 0 saturated heterocycles. The lowest BCUT2D eigenvalue weighted by molar-refractivity contribution is 0.306. The van der Waals surface area contributed by atoms with Crippen LogP contribution in [0.2, 0.25) is 0 Å². The van der Waals surface area contributed by atoms with Gasteiger partial charge in [0, 0.05) is 17.3 Å². The Morgan fingerprint density at radius 1 is 0.750 bits per heavy atom. The first-order valence-electron chi connectivity index (χ1n) is 12.8. The molecule has 0 saturated carbocycles. The summed E-state index contributed by atoms with van der Waals surface area (Å²) < 4.78 is 22.8. The van der Waals surface area contributed by atoms with Crippen molar-refractivity contribution in [1.29, 1.82) is 5.26 Å². The fourth-order valence-electron chi connectivity index (χ4n) is 4.23. The summed E-state index contributed by atoms with van der Waals surface area (Å²) in [6.07, 6.45) is 1.68. The zero-order chi connectivity index (χ0) is 27.9. The van der Waals surface area contributed by atoms with Crippen LogP contribution in [0.25, 0.3) is 22.5 Å². The minimum atomic E-state index is 0.235. The number of rotatable bonds is 9. The van der Waals surface area contributed by atoms with Crippen molar-refractivity contribution in [1.82, 2.24) is 0 Å². The van der Waals surface area contributed by atoms with Crippen molar-refractivity contribution in [3.05, 3.63) is 119 Å². The van der Waals surface area contributed by atoms with Crippen LogP contribution in [-0.4, -0.2) is 20.4 Å². The normalized spacial score (nSPS) is 10.8. The van der Waals surface area contributed by atoms with Crippen LogP contribution in [0.4, 0.5) is 5.88 Å². The molecule has 0 aliphatic rings. The Morgan fingerprint density at radius 2 is 1.32 bits per heavy atom. The summed E-state index contributed by atoms with van der Waals surface area (Å²) in [7, 11) is 3.24. The Hall–Kier alpha value is -5.28. The third-order valence-electron chi connectivity index (χ3n) is 6.47. The maximum Gasteiger partial charge on any atom is 0.238 e. The largest absolute Gasteiger partial charge is 0.497 e. The standard InChI is InChI=1S/C34H28N2O4/c1-23-4-6-25(7-5-23)22-39-30-14-8-24(9-15-30)21-36-34-31(20-35)32(26-10-16-28(37-2)17-11-26)33(40-34)27-12-18-29(38-3)19-13-27/h4-19,21H,22H2,1-3H3/b36-21+. The molecular weight excluding hydrogens is 500 g/mol. The first-order chi connectivity index (χ1) is 19.6. The third kappa shape index (κ3) is 5.90. The molecule has 0 amide bonds. The Kier molecular flexibility index (Phi) is 7.94. The molecule has 198 valence electrons. The van der Waals surface area contributed by atoms with E-state index in [2.05, 4.69) is 42.3 Å². The summed E-state index contributed by atoms with van der Waals surface area (Å²) in [5.41, 5.74) is 5.82. The zero-order valence-electron chi connectivity index (χ0n) is 22.5. The molecule has 0 radical (unpaired) electrons. The van der Waals surface area contributed by atoms with Crippen LogP contribution in [-0.2, 0) is 6.61 Å². The van der Waals surface area contributed by atoms with Crippen LogP contribution in [0.5, 0.6) is 17.2 Å². The summed E-state index contributed by atoms with van der Waals surface area (Å²) in [6, 6.07) is 33.2. The maximum atomic E-state index is 10.2. The van der Waals surface area contributed by atoms with Crippen LogP contribution in [0, 0.1) is 18.3 Å². The number of benzene rings is 4. The zero-order valence-corrected chi connectivity index (χ0v) is 22.5. The topological polar surface area (TPSA) is 77.0 Å². The Bertz CT molecular complexity index is 1640. The SMILES string of the molecule is COc1ccc(-c2oc(/N=C/c3ccc(OCc4ccc(C)cc4)cc3)c(C#N)c2-c2ccc(OC)cc2)cc1. The molecule has 6 heteroatoms. The molecule has 0 aliphatic heterocycles. The highest BCUT2D eigenvalue weighted by Gasteiger charge is 2.23. The Balaban J connectivity index is 1.43. The molecule has 1 heterocycles. The highest BCUT2D eigenvalue weighted by atomic mass is 16.5. The summed E-state index contributed by atoms with van der Waals surface area (Å²) >= 11 is 0. The second-order valence-corrected chi connectivity index (χ2v) is 9.16. The summed E-state index contributed by atoms with van der Waals surface area (Å²) in [5.74, 6) is 3.00.